The van der Waals surface area contributed by atoms with E-state index < -0.39 is 0 Å². The van der Waals surface area contributed by atoms with Gasteiger partial charge in [0.15, 0.2) is 0 Å². The van der Waals surface area contributed by atoms with E-state index >= 15 is 0 Å². The molecule has 0 aliphatic heterocycles. The minimum absolute atomic E-state index is 0.250. The Morgan fingerprint density at radius 1 is 1.14 bits per heavy atom. The summed E-state index contributed by atoms with van der Waals surface area (Å²) in [5.41, 5.74) is 9.73. The predicted molar refractivity (Wildman–Crippen MR) is 91.2 cm³/mol. The van der Waals surface area contributed by atoms with Crippen molar-refractivity contribution in [1.29, 1.82) is 0 Å². The lowest BCUT2D eigenvalue weighted by Crippen LogP contribution is -2.14. The molecule has 0 amide bonds. The van der Waals surface area contributed by atoms with Gasteiger partial charge < -0.3 is 15.4 Å². The third-order valence-corrected chi connectivity index (χ3v) is 4.28. The van der Waals surface area contributed by atoms with E-state index in [1.807, 2.05) is 18.2 Å². The monoisotopic (exact) mass is 294 g/mol. The summed E-state index contributed by atoms with van der Waals surface area (Å²) in [4.78, 5) is 0. The van der Waals surface area contributed by atoms with E-state index in [1.165, 1.54) is 16.5 Å². The molecular weight excluding hydrogens is 272 g/mol. The molecule has 3 heteroatoms. The van der Waals surface area contributed by atoms with Gasteiger partial charge in [0.25, 0.3) is 0 Å². The number of aromatic nitrogens is 1. The molecule has 3 N–H and O–H groups in total. The van der Waals surface area contributed by atoms with Crippen LogP contribution in [0.4, 0.5) is 0 Å². The number of para-hydroxylation sites is 1. The van der Waals surface area contributed by atoms with E-state index in [-0.39, 0.29) is 5.92 Å². The number of aryl methyl sites for hydroxylation is 1. The van der Waals surface area contributed by atoms with Gasteiger partial charge in [-0.1, -0.05) is 30.3 Å². The van der Waals surface area contributed by atoms with Crippen LogP contribution in [-0.2, 0) is 13.0 Å². The molecule has 0 saturated carbocycles. The van der Waals surface area contributed by atoms with Crippen molar-refractivity contribution in [2.75, 3.05) is 6.54 Å². The highest BCUT2D eigenvalue weighted by atomic mass is 16.3. The van der Waals surface area contributed by atoms with Gasteiger partial charge >= 0.3 is 0 Å². The molecule has 0 aliphatic carbocycles. The van der Waals surface area contributed by atoms with Gasteiger partial charge in [0.2, 0.25) is 0 Å². The van der Waals surface area contributed by atoms with E-state index in [9.17, 15) is 5.11 Å². The largest absolute Gasteiger partial charge is 0.508 e. The summed E-state index contributed by atoms with van der Waals surface area (Å²) in [7, 11) is 0. The molecule has 1 atom stereocenters. The van der Waals surface area contributed by atoms with Crippen LogP contribution in [0.15, 0.2) is 54.7 Å². The first-order chi connectivity index (χ1) is 10.7. The summed E-state index contributed by atoms with van der Waals surface area (Å²) in [6.45, 7) is 3.69. The van der Waals surface area contributed by atoms with Crippen LogP contribution >= 0.6 is 0 Å². The number of aromatic hydroxyl groups is 1. The maximum Gasteiger partial charge on any atom is 0.115 e. The molecule has 0 bridgehead atoms. The summed E-state index contributed by atoms with van der Waals surface area (Å²) in [6.07, 6.45) is 3.06. The fraction of sp³-hybridized carbons (Fsp3) is 0.263. The van der Waals surface area contributed by atoms with Crippen molar-refractivity contribution in [3.8, 4) is 5.75 Å². The number of rotatable bonds is 5. The predicted octanol–water partition coefficient (Wildman–Crippen LogP) is 3.65. The van der Waals surface area contributed by atoms with E-state index in [1.54, 1.807) is 6.07 Å². The van der Waals surface area contributed by atoms with Crippen LogP contribution in [0.5, 0.6) is 5.75 Å². The van der Waals surface area contributed by atoms with Gasteiger partial charge in [0, 0.05) is 29.6 Å². The summed E-state index contributed by atoms with van der Waals surface area (Å²) in [5, 5.41) is 10.9. The molecule has 1 unspecified atom stereocenters. The number of phenols is 1. The molecule has 1 heterocycles. The Bertz CT molecular complexity index is 776. The lowest BCUT2D eigenvalue weighted by molar-refractivity contribution is 0.474. The Labute approximate surface area is 131 Å². The van der Waals surface area contributed by atoms with Crippen molar-refractivity contribution < 1.29 is 5.11 Å². The topological polar surface area (TPSA) is 51.2 Å². The molecule has 3 aromatic rings. The summed E-state index contributed by atoms with van der Waals surface area (Å²) in [6, 6.07) is 15.9. The Morgan fingerprint density at radius 2 is 1.95 bits per heavy atom. The van der Waals surface area contributed by atoms with Gasteiger partial charge in [-0.25, -0.2) is 0 Å². The maximum atomic E-state index is 9.65. The van der Waals surface area contributed by atoms with Crippen molar-refractivity contribution in [2.24, 2.45) is 5.73 Å². The minimum atomic E-state index is 0.250. The van der Waals surface area contributed by atoms with E-state index in [0.717, 1.165) is 18.5 Å². The SMILES string of the molecule is CCn1cc(C(CN)Cc2cccc(O)c2)c2ccccc21. The molecule has 2 aromatic carbocycles. The molecule has 0 spiro atoms. The van der Waals surface area contributed by atoms with Crippen LogP contribution in [0.25, 0.3) is 10.9 Å². The zero-order chi connectivity index (χ0) is 15.5. The van der Waals surface area contributed by atoms with Crippen LogP contribution in [0.2, 0.25) is 0 Å². The number of fused-ring (bicyclic) bond motifs is 1. The molecule has 114 valence electrons. The lowest BCUT2D eigenvalue weighted by atomic mass is 9.92. The standard InChI is InChI=1S/C19H22N2O/c1-2-21-13-18(17-8-3-4-9-19(17)21)15(12-20)10-14-6-5-7-16(22)11-14/h3-9,11,13,15,22H,2,10,12,20H2,1H3. The third-order valence-electron chi connectivity index (χ3n) is 4.28. The molecule has 0 radical (unpaired) electrons. The molecule has 3 rings (SSSR count). The smallest absolute Gasteiger partial charge is 0.115 e. The summed E-state index contributed by atoms with van der Waals surface area (Å²) >= 11 is 0. The molecule has 0 saturated heterocycles. The first kappa shape index (κ1) is 14.7. The quantitative estimate of drug-likeness (QED) is 0.754. The van der Waals surface area contributed by atoms with E-state index in [4.69, 9.17) is 5.73 Å². The molecule has 22 heavy (non-hydrogen) atoms. The van der Waals surface area contributed by atoms with Gasteiger partial charge in [-0.2, -0.15) is 0 Å². The van der Waals surface area contributed by atoms with Crippen molar-refractivity contribution in [3.05, 3.63) is 65.9 Å². The van der Waals surface area contributed by atoms with Gasteiger partial charge in [0.1, 0.15) is 5.75 Å². The summed E-state index contributed by atoms with van der Waals surface area (Å²) in [5.74, 6) is 0.559. The molecule has 1 aromatic heterocycles. The van der Waals surface area contributed by atoms with Crippen LogP contribution in [0.1, 0.15) is 24.0 Å². The van der Waals surface area contributed by atoms with E-state index in [2.05, 4.69) is 42.0 Å². The van der Waals surface area contributed by atoms with Gasteiger partial charge in [-0.3, -0.25) is 0 Å². The van der Waals surface area contributed by atoms with Crippen molar-refractivity contribution in [1.82, 2.24) is 4.57 Å². The highest BCUT2D eigenvalue weighted by molar-refractivity contribution is 5.84. The number of nitrogens with two attached hydrogens (primary N) is 1. The highest BCUT2D eigenvalue weighted by Crippen LogP contribution is 2.30. The Balaban J connectivity index is 2.00. The second-order valence-corrected chi connectivity index (χ2v) is 5.69. The number of phenolic OH excluding ortho intramolecular Hbond substituents is 1. The van der Waals surface area contributed by atoms with Gasteiger partial charge in [0.05, 0.1) is 0 Å². The molecular formula is C19H22N2O. The molecule has 0 fully saturated rings. The average Bonchev–Trinajstić information content (AvgIpc) is 2.91. The van der Waals surface area contributed by atoms with Crippen molar-refractivity contribution in [2.45, 2.75) is 25.8 Å². The zero-order valence-corrected chi connectivity index (χ0v) is 12.9. The number of benzene rings is 2. The van der Waals surface area contributed by atoms with E-state index in [0.29, 0.717) is 12.3 Å². The maximum absolute atomic E-state index is 9.65. The van der Waals surface area contributed by atoms with Gasteiger partial charge in [-0.15, -0.1) is 0 Å². The van der Waals surface area contributed by atoms with Crippen molar-refractivity contribution >= 4 is 10.9 Å². The van der Waals surface area contributed by atoms with Gasteiger partial charge in [-0.05, 0) is 49.2 Å². The normalized spacial score (nSPS) is 12.6. The number of hydrogen-bond acceptors (Lipinski definition) is 2. The number of nitrogens with zero attached hydrogens (tertiary/aromatic N) is 1. The first-order valence-electron chi connectivity index (χ1n) is 7.78. The first-order valence-corrected chi connectivity index (χ1v) is 7.78. The van der Waals surface area contributed by atoms with Crippen LogP contribution in [0.3, 0.4) is 0 Å². The summed E-state index contributed by atoms with van der Waals surface area (Å²) < 4.78 is 2.27. The fourth-order valence-electron chi connectivity index (χ4n) is 3.15. The second kappa shape index (κ2) is 6.24. The molecule has 0 aliphatic rings. The average molecular weight is 294 g/mol. The zero-order valence-electron chi connectivity index (χ0n) is 12.9. The Morgan fingerprint density at radius 3 is 2.68 bits per heavy atom. The third kappa shape index (κ3) is 2.72. The minimum Gasteiger partial charge on any atom is -0.508 e. The van der Waals surface area contributed by atoms with Crippen molar-refractivity contribution in [3.63, 3.8) is 0 Å². The Kier molecular flexibility index (Phi) is 4.16. The van der Waals surface area contributed by atoms with Crippen LogP contribution in [0, 0.1) is 0 Å². The Hall–Kier alpha value is -2.26. The molecule has 3 nitrogen and oxygen atoms in total. The van der Waals surface area contributed by atoms with Crippen LogP contribution in [-0.4, -0.2) is 16.2 Å². The number of hydrogen-bond donors (Lipinski definition) is 2. The fourth-order valence-corrected chi connectivity index (χ4v) is 3.15. The lowest BCUT2D eigenvalue weighted by Gasteiger charge is -2.14. The highest BCUT2D eigenvalue weighted by Gasteiger charge is 2.17. The van der Waals surface area contributed by atoms with Crippen LogP contribution < -0.4 is 5.73 Å². The second-order valence-electron chi connectivity index (χ2n) is 5.69.